The number of aliphatic hydroxyl groups excluding tert-OH is 1. The first kappa shape index (κ1) is 17.9. The molecule has 2 atom stereocenters. The Kier molecular flexibility index (Phi) is 5.83. The second-order valence-corrected chi connectivity index (χ2v) is 6.21. The zero-order valence-corrected chi connectivity index (χ0v) is 14.7. The molecule has 0 saturated heterocycles. The van der Waals surface area contributed by atoms with E-state index in [4.69, 9.17) is 0 Å². The second kappa shape index (κ2) is 8.46. The fourth-order valence-corrected chi connectivity index (χ4v) is 2.85. The summed E-state index contributed by atoms with van der Waals surface area (Å²) in [7, 11) is 0. The summed E-state index contributed by atoms with van der Waals surface area (Å²) in [4.78, 5) is 0. The first-order valence-electron chi connectivity index (χ1n) is 8.66. The average molecular weight is 349 g/mol. The van der Waals surface area contributed by atoms with E-state index in [1.807, 2.05) is 53.5 Å². The maximum Gasteiger partial charge on any atom is 0.256 e. The van der Waals surface area contributed by atoms with E-state index < -0.39 is 6.10 Å². The van der Waals surface area contributed by atoms with Crippen LogP contribution in [0.1, 0.15) is 18.9 Å². The van der Waals surface area contributed by atoms with E-state index in [-0.39, 0.29) is 12.0 Å². The Morgan fingerprint density at radius 1 is 1.19 bits per heavy atom. The summed E-state index contributed by atoms with van der Waals surface area (Å²) in [5.41, 5.74) is 2.58. The van der Waals surface area contributed by atoms with Crippen molar-refractivity contribution in [2.24, 2.45) is 0 Å². The fraction of sp³-hybridized carbons (Fsp3) is 0.227. The maximum atomic E-state index is 13.8. The summed E-state index contributed by atoms with van der Waals surface area (Å²) in [5.74, 6) is 6.06. The van der Waals surface area contributed by atoms with Gasteiger partial charge in [-0.1, -0.05) is 54.3 Å². The molecule has 4 heteroatoms. The largest absolute Gasteiger partial charge is 0.384 e. The second-order valence-electron chi connectivity index (χ2n) is 6.21. The standard InChI is InChI=1S/C22H22FN2O/c1-17(26)22-24-14-16-25(22)15-6-2-3-7-18-10-12-19(13-11-18)20-8-4-5-9-21(20)23/h4-5,8-17,22,24,26H,6-7H2,1H3/q+1/b25-15-. The highest BCUT2D eigenvalue weighted by Gasteiger charge is 2.26. The monoisotopic (exact) mass is 349 g/mol. The molecule has 1 aliphatic heterocycles. The normalized spacial score (nSPS) is 18.3. The van der Waals surface area contributed by atoms with Crippen LogP contribution < -0.4 is 5.32 Å². The number of benzene rings is 2. The van der Waals surface area contributed by atoms with Gasteiger partial charge in [0.2, 0.25) is 0 Å². The molecule has 2 N–H and O–H groups in total. The fourth-order valence-electron chi connectivity index (χ4n) is 2.85. The van der Waals surface area contributed by atoms with Gasteiger partial charge in [0.25, 0.3) is 6.17 Å². The number of hydrogen-bond donors (Lipinski definition) is 2. The lowest BCUT2D eigenvalue weighted by molar-refractivity contribution is -0.503. The Bertz CT molecular complexity index is 873. The molecule has 0 fully saturated rings. The van der Waals surface area contributed by atoms with Gasteiger partial charge in [0.1, 0.15) is 11.9 Å². The van der Waals surface area contributed by atoms with Crippen LogP contribution in [0.25, 0.3) is 11.1 Å². The lowest BCUT2D eigenvalue weighted by Crippen LogP contribution is -2.39. The lowest BCUT2D eigenvalue weighted by atomic mass is 10.0. The molecule has 3 rings (SSSR count). The summed E-state index contributed by atoms with van der Waals surface area (Å²) in [5, 5.41) is 12.8. The summed E-state index contributed by atoms with van der Waals surface area (Å²) in [6, 6.07) is 14.6. The molecule has 26 heavy (non-hydrogen) atoms. The molecular weight excluding hydrogens is 327 g/mol. The summed E-state index contributed by atoms with van der Waals surface area (Å²) >= 11 is 0. The van der Waals surface area contributed by atoms with Gasteiger partial charge in [-0.15, -0.1) is 0 Å². The van der Waals surface area contributed by atoms with E-state index in [1.54, 1.807) is 19.1 Å². The van der Waals surface area contributed by atoms with Gasteiger partial charge in [0.05, 0.1) is 12.6 Å². The van der Waals surface area contributed by atoms with Crippen molar-refractivity contribution in [3.8, 4) is 23.0 Å². The van der Waals surface area contributed by atoms with Crippen LogP contribution in [0.4, 0.5) is 4.39 Å². The van der Waals surface area contributed by atoms with Crippen LogP contribution in [-0.4, -0.2) is 28.2 Å². The summed E-state index contributed by atoms with van der Waals surface area (Å²) < 4.78 is 15.7. The van der Waals surface area contributed by atoms with E-state index in [2.05, 4.69) is 17.2 Å². The predicted octanol–water partition coefficient (Wildman–Crippen LogP) is 3.29. The Labute approximate surface area is 153 Å². The van der Waals surface area contributed by atoms with Gasteiger partial charge in [-0.25, -0.2) is 4.39 Å². The Balaban J connectivity index is 1.57. The quantitative estimate of drug-likeness (QED) is 0.656. The van der Waals surface area contributed by atoms with E-state index in [0.717, 1.165) is 11.1 Å². The minimum Gasteiger partial charge on any atom is -0.384 e. The van der Waals surface area contributed by atoms with Crippen molar-refractivity contribution in [3.05, 3.63) is 72.3 Å². The zero-order chi connectivity index (χ0) is 18.4. The predicted molar refractivity (Wildman–Crippen MR) is 102 cm³/mol. The van der Waals surface area contributed by atoms with Gasteiger partial charge in [0, 0.05) is 12.0 Å². The number of rotatable bonds is 4. The van der Waals surface area contributed by atoms with Gasteiger partial charge < -0.3 is 10.4 Å². The third-order valence-electron chi connectivity index (χ3n) is 4.25. The molecule has 0 amide bonds. The van der Waals surface area contributed by atoms with E-state index in [0.29, 0.717) is 18.4 Å². The highest BCUT2D eigenvalue weighted by atomic mass is 19.1. The van der Waals surface area contributed by atoms with Crippen LogP contribution >= 0.6 is 0 Å². The Hall–Kier alpha value is -2.90. The number of nitrogens with one attached hydrogen (secondary N) is 1. The van der Waals surface area contributed by atoms with E-state index in [9.17, 15) is 9.50 Å². The molecule has 3 nitrogen and oxygen atoms in total. The topological polar surface area (TPSA) is 35.3 Å². The van der Waals surface area contributed by atoms with Crippen molar-refractivity contribution in [2.45, 2.75) is 32.0 Å². The molecule has 1 aliphatic rings. The maximum absolute atomic E-state index is 13.8. The highest BCUT2D eigenvalue weighted by molar-refractivity contribution is 5.64. The van der Waals surface area contributed by atoms with Crippen LogP contribution in [0, 0.1) is 17.7 Å². The number of nitrogens with zero attached hydrogens (tertiary/aromatic N) is 1. The minimum absolute atomic E-state index is 0.122. The van der Waals surface area contributed by atoms with Crippen molar-refractivity contribution in [2.75, 3.05) is 0 Å². The molecule has 132 valence electrons. The molecule has 0 radical (unpaired) electrons. The highest BCUT2D eigenvalue weighted by Crippen LogP contribution is 2.22. The van der Waals surface area contributed by atoms with E-state index in [1.165, 1.54) is 6.07 Å². The van der Waals surface area contributed by atoms with Crippen LogP contribution in [-0.2, 0) is 6.42 Å². The van der Waals surface area contributed by atoms with E-state index >= 15 is 0 Å². The third kappa shape index (κ3) is 4.38. The molecule has 0 saturated carbocycles. The van der Waals surface area contributed by atoms with Gasteiger partial charge >= 0.3 is 0 Å². The SMILES string of the molecule is CC(O)C1NC=C/[N+]1=C/CC#CCc1ccc(-c2ccccc2F)cc1. The molecule has 2 aromatic carbocycles. The molecule has 0 aliphatic carbocycles. The molecule has 2 unspecified atom stereocenters. The molecule has 1 heterocycles. The zero-order valence-electron chi connectivity index (χ0n) is 14.7. The van der Waals surface area contributed by atoms with Crippen molar-refractivity contribution < 1.29 is 14.1 Å². The van der Waals surface area contributed by atoms with Crippen LogP contribution in [0.5, 0.6) is 0 Å². The number of hydrogen-bond acceptors (Lipinski definition) is 2. The lowest BCUT2D eigenvalue weighted by Gasteiger charge is -2.09. The molecule has 0 spiro atoms. The first-order chi connectivity index (χ1) is 12.6. The summed E-state index contributed by atoms with van der Waals surface area (Å²) in [6.45, 7) is 1.75. The molecule has 0 bridgehead atoms. The van der Waals surface area contributed by atoms with Crippen LogP contribution in [0.15, 0.2) is 60.9 Å². The Morgan fingerprint density at radius 3 is 2.69 bits per heavy atom. The van der Waals surface area contributed by atoms with Crippen molar-refractivity contribution >= 4 is 6.21 Å². The van der Waals surface area contributed by atoms with Crippen LogP contribution in [0.3, 0.4) is 0 Å². The number of halogens is 1. The van der Waals surface area contributed by atoms with Gasteiger partial charge in [-0.05, 0) is 24.1 Å². The van der Waals surface area contributed by atoms with Crippen molar-refractivity contribution in [1.82, 2.24) is 5.32 Å². The summed E-state index contributed by atoms with van der Waals surface area (Å²) in [6.07, 6.45) is 6.34. The first-order valence-corrected chi connectivity index (χ1v) is 8.66. The minimum atomic E-state index is -0.470. The molecular formula is C22H22FN2O+. The average Bonchev–Trinajstić information content (AvgIpc) is 3.11. The smallest absolute Gasteiger partial charge is 0.256 e. The van der Waals surface area contributed by atoms with Gasteiger partial charge in [-0.3, -0.25) is 0 Å². The van der Waals surface area contributed by atoms with Gasteiger partial charge in [-0.2, -0.15) is 4.58 Å². The molecule has 2 aromatic rings. The number of aliphatic hydroxyl groups is 1. The van der Waals surface area contributed by atoms with Gasteiger partial charge in [0.15, 0.2) is 12.4 Å². The molecule has 0 aromatic heterocycles. The third-order valence-corrected chi connectivity index (χ3v) is 4.25. The van der Waals surface area contributed by atoms with Crippen molar-refractivity contribution in [3.63, 3.8) is 0 Å². The van der Waals surface area contributed by atoms with Crippen LogP contribution in [0.2, 0.25) is 0 Å². The Morgan fingerprint density at radius 2 is 1.96 bits per heavy atom. The van der Waals surface area contributed by atoms with Crippen molar-refractivity contribution in [1.29, 1.82) is 0 Å².